The number of fused-ring (bicyclic) bond motifs is 7. The minimum atomic E-state index is -0.497. The van der Waals surface area contributed by atoms with E-state index >= 15 is 0 Å². The molecule has 0 aromatic heterocycles. The first kappa shape index (κ1) is 24.2. The molecule has 186 valence electrons. The Morgan fingerprint density at radius 1 is 0.622 bits per heavy atom. The fourth-order valence-corrected chi connectivity index (χ4v) is 6.92. The van der Waals surface area contributed by atoms with Crippen molar-refractivity contribution in [2.24, 2.45) is 0 Å². The third-order valence-corrected chi connectivity index (χ3v) is 9.39. The van der Waals surface area contributed by atoms with Crippen molar-refractivity contribution in [3.05, 3.63) is 125 Å². The zero-order chi connectivity index (χ0) is 26.4. The number of benzene rings is 3. The van der Waals surface area contributed by atoms with E-state index in [0.717, 1.165) is 5.46 Å². The molecule has 1 spiro atoms. The second kappa shape index (κ2) is 7.69. The van der Waals surface area contributed by atoms with Crippen LogP contribution in [0.2, 0.25) is 0 Å². The Morgan fingerprint density at radius 2 is 1.16 bits per heavy atom. The zero-order valence-corrected chi connectivity index (χ0v) is 22.8. The Bertz CT molecular complexity index is 1490. The average molecular weight is 486 g/mol. The summed E-state index contributed by atoms with van der Waals surface area (Å²) in [6.45, 7) is 21.7. The van der Waals surface area contributed by atoms with Gasteiger partial charge in [-0.05, 0) is 77.7 Å². The molecule has 3 aromatic carbocycles. The number of rotatable bonds is 3. The van der Waals surface area contributed by atoms with E-state index in [1.54, 1.807) is 0 Å². The van der Waals surface area contributed by atoms with Crippen molar-refractivity contribution in [1.29, 1.82) is 0 Å². The minimum absolute atomic E-state index is 0.200. The quantitative estimate of drug-likeness (QED) is 0.363. The van der Waals surface area contributed by atoms with Crippen LogP contribution in [-0.4, -0.2) is 18.3 Å². The first-order valence-electron chi connectivity index (χ1n) is 13.2. The summed E-state index contributed by atoms with van der Waals surface area (Å²) in [6, 6.07) is 24.3. The Kier molecular flexibility index (Phi) is 5.03. The summed E-state index contributed by atoms with van der Waals surface area (Å²) < 4.78 is 13.2. The smallest absolute Gasteiger partial charge is 0.399 e. The van der Waals surface area contributed by atoms with Crippen molar-refractivity contribution in [3.63, 3.8) is 0 Å². The van der Waals surface area contributed by atoms with Gasteiger partial charge in [-0.15, -0.1) is 0 Å². The molecule has 3 aliphatic rings. The maximum atomic E-state index is 6.59. The van der Waals surface area contributed by atoms with Gasteiger partial charge in [0.25, 0.3) is 0 Å². The highest BCUT2D eigenvalue weighted by atomic mass is 16.7. The normalized spacial score (nSPS) is 24.0. The summed E-state index contributed by atoms with van der Waals surface area (Å²) in [5, 5.41) is 0. The van der Waals surface area contributed by atoms with Crippen LogP contribution in [0.15, 0.2) is 103 Å². The largest absolute Gasteiger partial charge is 0.495 e. The maximum Gasteiger partial charge on any atom is 0.495 e. The van der Waals surface area contributed by atoms with Gasteiger partial charge in [0.1, 0.15) is 0 Å². The van der Waals surface area contributed by atoms with E-state index in [2.05, 4.69) is 128 Å². The van der Waals surface area contributed by atoms with E-state index in [4.69, 9.17) is 9.31 Å². The highest BCUT2D eigenvalue weighted by Gasteiger charge is 2.56. The highest BCUT2D eigenvalue weighted by molar-refractivity contribution is 6.64. The maximum absolute atomic E-state index is 6.59. The van der Waals surface area contributed by atoms with Crippen LogP contribution in [0, 0.1) is 0 Å². The van der Waals surface area contributed by atoms with Crippen LogP contribution in [-0.2, 0) is 20.1 Å². The van der Waals surface area contributed by atoms with Crippen LogP contribution in [0.4, 0.5) is 0 Å². The molecule has 3 heteroatoms. The third kappa shape index (κ3) is 2.90. The first-order chi connectivity index (χ1) is 17.5. The first-order valence-corrected chi connectivity index (χ1v) is 13.2. The van der Waals surface area contributed by atoms with Gasteiger partial charge in [0.2, 0.25) is 0 Å². The molecule has 3 aromatic rings. The lowest BCUT2D eigenvalue weighted by Gasteiger charge is -2.47. The summed E-state index contributed by atoms with van der Waals surface area (Å²) in [5.41, 5.74) is 9.52. The Morgan fingerprint density at radius 3 is 1.78 bits per heavy atom. The summed E-state index contributed by atoms with van der Waals surface area (Å²) in [5.74, 6) is 0. The van der Waals surface area contributed by atoms with Gasteiger partial charge in [-0.1, -0.05) is 106 Å². The molecule has 1 heterocycles. The molecular weight excluding hydrogens is 451 g/mol. The molecule has 1 fully saturated rings. The van der Waals surface area contributed by atoms with Crippen molar-refractivity contribution >= 4 is 12.6 Å². The fraction of sp³-hybridized carbons (Fsp3) is 0.294. The van der Waals surface area contributed by atoms with Gasteiger partial charge >= 0.3 is 7.12 Å². The lowest BCUT2D eigenvalue weighted by molar-refractivity contribution is 0.00578. The molecule has 0 amide bonds. The molecule has 0 N–H and O–H groups in total. The second-order valence-electron chi connectivity index (χ2n) is 12.1. The van der Waals surface area contributed by atoms with E-state index in [0.29, 0.717) is 0 Å². The molecule has 0 saturated carbocycles. The SMILES string of the molecule is C=CC1=C(C=C)C2(c3ccccc3-c3c(B4OC(C)(C)C(C)(C)O4)cccc32)c2ccccc2C1(C)C. The van der Waals surface area contributed by atoms with Gasteiger partial charge in [0, 0.05) is 5.41 Å². The van der Waals surface area contributed by atoms with Crippen LogP contribution in [0.5, 0.6) is 0 Å². The third-order valence-electron chi connectivity index (χ3n) is 9.39. The van der Waals surface area contributed by atoms with E-state index in [1.165, 1.54) is 44.5 Å². The molecule has 2 nitrogen and oxygen atoms in total. The van der Waals surface area contributed by atoms with E-state index in [1.807, 2.05) is 6.08 Å². The van der Waals surface area contributed by atoms with Crippen LogP contribution in [0.3, 0.4) is 0 Å². The van der Waals surface area contributed by atoms with Crippen molar-refractivity contribution in [2.45, 2.75) is 63.6 Å². The fourth-order valence-electron chi connectivity index (χ4n) is 6.92. The minimum Gasteiger partial charge on any atom is -0.399 e. The van der Waals surface area contributed by atoms with Gasteiger partial charge in [0.15, 0.2) is 0 Å². The monoisotopic (exact) mass is 486 g/mol. The van der Waals surface area contributed by atoms with Gasteiger partial charge in [-0.2, -0.15) is 0 Å². The molecule has 0 radical (unpaired) electrons. The summed E-state index contributed by atoms with van der Waals surface area (Å²) in [4.78, 5) is 0. The van der Waals surface area contributed by atoms with E-state index in [-0.39, 0.29) is 5.41 Å². The Hall–Kier alpha value is -3.14. The van der Waals surface area contributed by atoms with Crippen molar-refractivity contribution < 1.29 is 9.31 Å². The average Bonchev–Trinajstić information content (AvgIpc) is 3.28. The Balaban J connectivity index is 1.75. The van der Waals surface area contributed by atoms with Gasteiger partial charge < -0.3 is 9.31 Å². The second-order valence-corrected chi connectivity index (χ2v) is 12.1. The molecule has 2 aliphatic carbocycles. The highest BCUT2D eigenvalue weighted by Crippen LogP contribution is 2.62. The van der Waals surface area contributed by atoms with Gasteiger partial charge in [-0.25, -0.2) is 0 Å². The zero-order valence-electron chi connectivity index (χ0n) is 22.8. The van der Waals surface area contributed by atoms with Crippen molar-refractivity contribution in [3.8, 4) is 11.1 Å². The van der Waals surface area contributed by atoms with Crippen LogP contribution >= 0.6 is 0 Å². The molecule has 1 unspecified atom stereocenters. The van der Waals surface area contributed by atoms with Gasteiger partial charge in [0.05, 0.1) is 16.6 Å². The van der Waals surface area contributed by atoms with Crippen LogP contribution in [0.1, 0.15) is 63.8 Å². The summed E-state index contributed by atoms with van der Waals surface area (Å²) >= 11 is 0. The lowest BCUT2D eigenvalue weighted by Crippen LogP contribution is -2.41. The van der Waals surface area contributed by atoms with E-state index < -0.39 is 23.7 Å². The van der Waals surface area contributed by atoms with E-state index in [9.17, 15) is 0 Å². The predicted molar refractivity (Wildman–Crippen MR) is 154 cm³/mol. The van der Waals surface area contributed by atoms with Crippen LogP contribution in [0.25, 0.3) is 11.1 Å². The number of allylic oxidation sites excluding steroid dienone is 4. The number of hydrogen-bond donors (Lipinski definition) is 0. The molecule has 6 rings (SSSR count). The van der Waals surface area contributed by atoms with Crippen molar-refractivity contribution in [2.75, 3.05) is 0 Å². The molecule has 37 heavy (non-hydrogen) atoms. The summed E-state index contributed by atoms with van der Waals surface area (Å²) in [6.07, 6.45) is 4.09. The lowest BCUT2D eigenvalue weighted by atomic mass is 9.55. The summed E-state index contributed by atoms with van der Waals surface area (Å²) in [7, 11) is -0.450. The Labute approximate surface area is 221 Å². The standard InChI is InChI=1S/C34H35BO2/c1-9-23-24(10-2)34(27-19-14-13-18-26(27)31(23,3)4)25-17-12-11-16-22(25)30-28(34)20-15-21-29(30)35-36-32(5,6)33(7,8)37-35/h9-21H,1-2H2,3-8H3. The molecular formula is C34H35BO2. The number of hydrogen-bond acceptors (Lipinski definition) is 2. The van der Waals surface area contributed by atoms with Crippen molar-refractivity contribution in [1.82, 2.24) is 0 Å². The van der Waals surface area contributed by atoms with Crippen LogP contribution < -0.4 is 5.46 Å². The molecule has 1 atom stereocenters. The molecule has 1 aliphatic heterocycles. The molecule has 1 saturated heterocycles. The topological polar surface area (TPSA) is 18.5 Å². The molecule has 0 bridgehead atoms. The van der Waals surface area contributed by atoms with Gasteiger partial charge in [-0.3, -0.25) is 0 Å². The predicted octanol–water partition coefficient (Wildman–Crippen LogP) is 7.26.